The molecule has 25 heavy (non-hydrogen) atoms. The lowest BCUT2D eigenvalue weighted by atomic mass is 10.1. The van der Waals surface area contributed by atoms with Crippen LogP contribution >= 0.6 is 15.9 Å². The highest BCUT2D eigenvalue weighted by Gasteiger charge is 2.15. The van der Waals surface area contributed by atoms with Crippen molar-refractivity contribution in [2.24, 2.45) is 0 Å². The van der Waals surface area contributed by atoms with Gasteiger partial charge in [-0.15, -0.1) is 0 Å². The maximum Gasteiger partial charge on any atom is 0.276 e. The van der Waals surface area contributed by atoms with E-state index in [0.29, 0.717) is 5.75 Å². The van der Waals surface area contributed by atoms with Crippen LogP contribution in [0.15, 0.2) is 53.0 Å². The number of rotatable bonds is 6. The first-order valence-electron chi connectivity index (χ1n) is 7.14. The molecule has 0 heterocycles. The number of nitro groups is 1. The first-order chi connectivity index (χ1) is 12.0. The van der Waals surface area contributed by atoms with Gasteiger partial charge in [0.2, 0.25) is 5.91 Å². The van der Waals surface area contributed by atoms with Gasteiger partial charge in [-0.05, 0) is 24.3 Å². The number of carbonyl (C=O) groups excluding carboxylic acids is 2. The molecule has 130 valence electrons. The van der Waals surface area contributed by atoms with Crippen molar-refractivity contribution in [3.63, 3.8) is 0 Å². The van der Waals surface area contributed by atoms with E-state index in [2.05, 4.69) is 26.8 Å². The molecular formula is C16H14BrN3O5. The van der Waals surface area contributed by atoms with Crippen LogP contribution in [0.4, 0.5) is 5.69 Å². The fourth-order valence-electron chi connectivity index (χ4n) is 1.91. The predicted octanol–water partition coefficient (Wildman–Crippen LogP) is 2.13. The quantitative estimate of drug-likeness (QED) is 0.562. The number of nitrogens with zero attached hydrogens (tertiary/aromatic N) is 1. The average molecular weight is 408 g/mol. The zero-order valence-electron chi connectivity index (χ0n) is 12.9. The minimum atomic E-state index is -0.578. The summed E-state index contributed by atoms with van der Waals surface area (Å²) in [5, 5.41) is 10.9. The largest absolute Gasteiger partial charge is 0.484 e. The second-order valence-electron chi connectivity index (χ2n) is 4.90. The predicted molar refractivity (Wildman–Crippen MR) is 92.7 cm³/mol. The molecule has 2 amide bonds. The molecule has 0 aromatic heterocycles. The summed E-state index contributed by atoms with van der Waals surface area (Å²) in [5.41, 5.74) is 4.49. The number of nitro benzene ring substituents is 1. The van der Waals surface area contributed by atoms with E-state index in [1.54, 1.807) is 30.3 Å². The van der Waals surface area contributed by atoms with Crippen LogP contribution in [0.5, 0.6) is 5.75 Å². The van der Waals surface area contributed by atoms with Crippen molar-refractivity contribution >= 4 is 33.4 Å². The summed E-state index contributed by atoms with van der Waals surface area (Å²) in [6, 6.07) is 12.8. The fourth-order valence-corrected chi connectivity index (χ4v) is 2.18. The Kier molecular flexibility index (Phi) is 6.47. The molecule has 0 unspecified atom stereocenters. The third-order valence-electron chi connectivity index (χ3n) is 3.06. The van der Waals surface area contributed by atoms with E-state index in [1.165, 1.54) is 18.2 Å². The van der Waals surface area contributed by atoms with Crippen LogP contribution in [0.2, 0.25) is 0 Å². The second-order valence-corrected chi connectivity index (χ2v) is 5.82. The minimum absolute atomic E-state index is 0.150. The fraction of sp³-hybridized carbons (Fsp3) is 0.125. The van der Waals surface area contributed by atoms with Crippen molar-refractivity contribution < 1.29 is 19.2 Å². The Morgan fingerprint density at radius 2 is 1.68 bits per heavy atom. The lowest BCUT2D eigenvalue weighted by Gasteiger charge is -2.09. The standard InChI is InChI=1S/C16H14BrN3O5/c17-12-5-7-13(8-6-12)25-10-16(22)19-18-15(21)9-11-3-1-2-4-14(11)20(23)24/h1-8H,9-10H2,(H,18,21)(H,19,22). The Hall–Kier alpha value is -2.94. The van der Waals surface area contributed by atoms with Gasteiger partial charge in [0.1, 0.15) is 5.75 Å². The molecule has 0 aliphatic rings. The number of hydrogen-bond donors (Lipinski definition) is 2. The zero-order chi connectivity index (χ0) is 18.2. The topological polar surface area (TPSA) is 111 Å². The van der Waals surface area contributed by atoms with Gasteiger partial charge in [-0.3, -0.25) is 30.6 Å². The third-order valence-corrected chi connectivity index (χ3v) is 3.59. The normalized spacial score (nSPS) is 9.96. The number of amides is 2. The Morgan fingerprint density at radius 3 is 2.36 bits per heavy atom. The van der Waals surface area contributed by atoms with Crippen LogP contribution in [0.1, 0.15) is 5.56 Å². The summed E-state index contributed by atoms with van der Waals surface area (Å²) in [6.45, 7) is -0.284. The summed E-state index contributed by atoms with van der Waals surface area (Å²) < 4.78 is 6.13. The number of ether oxygens (including phenoxy) is 1. The van der Waals surface area contributed by atoms with E-state index >= 15 is 0 Å². The molecule has 2 aromatic carbocycles. The van der Waals surface area contributed by atoms with Crippen LogP contribution in [-0.2, 0) is 16.0 Å². The molecular weight excluding hydrogens is 394 g/mol. The second kappa shape index (κ2) is 8.78. The number of hydrazine groups is 1. The van der Waals surface area contributed by atoms with E-state index in [0.717, 1.165) is 4.47 Å². The van der Waals surface area contributed by atoms with Crippen molar-refractivity contribution in [2.75, 3.05) is 6.61 Å². The molecule has 0 radical (unpaired) electrons. The molecule has 2 N–H and O–H groups in total. The number of para-hydroxylation sites is 1. The van der Waals surface area contributed by atoms with Gasteiger partial charge in [-0.25, -0.2) is 0 Å². The Balaban J connectivity index is 1.79. The number of carbonyl (C=O) groups is 2. The summed E-state index contributed by atoms with van der Waals surface area (Å²) in [5.74, 6) is -0.630. The SMILES string of the molecule is O=C(COc1ccc(Br)cc1)NNC(=O)Cc1ccccc1[N+](=O)[O-]. The molecule has 0 aliphatic carbocycles. The van der Waals surface area contributed by atoms with Gasteiger partial charge >= 0.3 is 0 Å². The number of benzene rings is 2. The van der Waals surface area contributed by atoms with Crippen LogP contribution < -0.4 is 15.6 Å². The van der Waals surface area contributed by atoms with E-state index < -0.39 is 16.7 Å². The highest BCUT2D eigenvalue weighted by molar-refractivity contribution is 9.10. The number of nitrogens with one attached hydrogen (secondary N) is 2. The van der Waals surface area contributed by atoms with Crippen molar-refractivity contribution in [3.05, 3.63) is 68.7 Å². The smallest absolute Gasteiger partial charge is 0.276 e. The molecule has 0 atom stereocenters. The van der Waals surface area contributed by atoms with Crippen molar-refractivity contribution in [2.45, 2.75) is 6.42 Å². The molecule has 2 rings (SSSR count). The van der Waals surface area contributed by atoms with Gasteiger partial charge < -0.3 is 4.74 Å². The summed E-state index contributed by atoms with van der Waals surface area (Å²) in [6.07, 6.45) is -0.231. The van der Waals surface area contributed by atoms with Gasteiger partial charge in [-0.2, -0.15) is 0 Å². The minimum Gasteiger partial charge on any atom is -0.484 e. The Bertz CT molecular complexity index is 780. The molecule has 0 bridgehead atoms. The number of halogens is 1. The van der Waals surface area contributed by atoms with E-state index in [9.17, 15) is 19.7 Å². The summed E-state index contributed by atoms with van der Waals surface area (Å²) in [7, 11) is 0. The van der Waals surface area contributed by atoms with Crippen LogP contribution in [0.3, 0.4) is 0 Å². The van der Waals surface area contributed by atoms with E-state index in [-0.39, 0.29) is 24.3 Å². The van der Waals surface area contributed by atoms with Gasteiger partial charge in [0.15, 0.2) is 6.61 Å². The van der Waals surface area contributed by atoms with Gasteiger partial charge in [0, 0.05) is 16.1 Å². The highest BCUT2D eigenvalue weighted by atomic mass is 79.9. The monoisotopic (exact) mass is 407 g/mol. The van der Waals surface area contributed by atoms with E-state index in [4.69, 9.17) is 4.74 Å². The Morgan fingerprint density at radius 1 is 1.04 bits per heavy atom. The van der Waals surface area contributed by atoms with Gasteiger partial charge in [0.25, 0.3) is 11.6 Å². The first-order valence-corrected chi connectivity index (χ1v) is 7.93. The summed E-state index contributed by atoms with van der Waals surface area (Å²) >= 11 is 3.28. The third kappa shape index (κ3) is 5.88. The van der Waals surface area contributed by atoms with Crippen LogP contribution in [0, 0.1) is 10.1 Å². The molecule has 0 saturated carbocycles. The molecule has 0 fully saturated rings. The molecule has 9 heteroatoms. The van der Waals surface area contributed by atoms with Crippen LogP contribution in [-0.4, -0.2) is 23.3 Å². The van der Waals surface area contributed by atoms with Crippen molar-refractivity contribution in [1.29, 1.82) is 0 Å². The molecule has 8 nitrogen and oxygen atoms in total. The molecule has 0 saturated heterocycles. The molecule has 0 aliphatic heterocycles. The van der Waals surface area contributed by atoms with Gasteiger partial charge in [-0.1, -0.05) is 34.1 Å². The molecule has 2 aromatic rings. The maximum absolute atomic E-state index is 11.8. The van der Waals surface area contributed by atoms with E-state index in [1.807, 2.05) is 0 Å². The van der Waals surface area contributed by atoms with Crippen molar-refractivity contribution in [3.8, 4) is 5.75 Å². The van der Waals surface area contributed by atoms with Gasteiger partial charge in [0.05, 0.1) is 11.3 Å². The average Bonchev–Trinajstić information content (AvgIpc) is 2.59. The first kappa shape index (κ1) is 18.4. The Labute approximate surface area is 151 Å². The highest BCUT2D eigenvalue weighted by Crippen LogP contribution is 2.18. The zero-order valence-corrected chi connectivity index (χ0v) is 14.5. The maximum atomic E-state index is 11.8. The lowest BCUT2D eigenvalue weighted by molar-refractivity contribution is -0.385. The van der Waals surface area contributed by atoms with Crippen molar-refractivity contribution in [1.82, 2.24) is 10.9 Å². The number of hydrogen-bond acceptors (Lipinski definition) is 5. The molecule has 0 spiro atoms. The van der Waals surface area contributed by atoms with Crippen LogP contribution in [0.25, 0.3) is 0 Å². The summed E-state index contributed by atoms with van der Waals surface area (Å²) in [4.78, 5) is 33.8. The lowest BCUT2D eigenvalue weighted by Crippen LogP contribution is -2.44.